The van der Waals surface area contributed by atoms with Crippen molar-refractivity contribution < 1.29 is 9.53 Å². The van der Waals surface area contributed by atoms with E-state index in [0.29, 0.717) is 18.6 Å². The number of nitrogens with one attached hydrogen (secondary N) is 2. The number of ether oxygens (including phenoxy) is 1. The van der Waals surface area contributed by atoms with Gasteiger partial charge in [-0.15, -0.1) is 0 Å². The molecule has 5 heteroatoms. The molecule has 1 saturated heterocycles. The molecule has 1 heterocycles. The van der Waals surface area contributed by atoms with Gasteiger partial charge in [-0.05, 0) is 44.5 Å². The Bertz CT molecular complexity index is 451. The molecule has 1 aromatic rings. The van der Waals surface area contributed by atoms with Crippen molar-refractivity contribution in [3.8, 4) is 0 Å². The van der Waals surface area contributed by atoms with Gasteiger partial charge in [0.1, 0.15) is 0 Å². The number of amides is 2. The number of hydrogen-bond donors (Lipinski definition) is 2. The van der Waals surface area contributed by atoms with Crippen molar-refractivity contribution in [2.75, 3.05) is 30.0 Å². The average Bonchev–Trinajstić information content (AvgIpc) is 2.46. The fourth-order valence-electron chi connectivity index (χ4n) is 2.64. The normalized spacial score (nSPS) is 22.0. The molecule has 0 radical (unpaired) electrons. The van der Waals surface area contributed by atoms with Gasteiger partial charge in [-0.1, -0.05) is 6.92 Å². The fraction of sp³-hybridized carbons (Fsp3) is 0.562. The Morgan fingerprint density at radius 3 is 2.43 bits per heavy atom. The van der Waals surface area contributed by atoms with E-state index in [4.69, 9.17) is 4.74 Å². The minimum Gasteiger partial charge on any atom is -0.377 e. The minimum absolute atomic E-state index is 0.155. The Labute approximate surface area is 126 Å². The van der Waals surface area contributed by atoms with Crippen molar-refractivity contribution in [2.45, 2.75) is 39.3 Å². The van der Waals surface area contributed by atoms with E-state index in [-0.39, 0.29) is 6.03 Å². The topological polar surface area (TPSA) is 53.6 Å². The summed E-state index contributed by atoms with van der Waals surface area (Å²) in [4.78, 5) is 14.0. The second-order valence-electron chi connectivity index (χ2n) is 5.57. The van der Waals surface area contributed by atoms with E-state index in [1.165, 1.54) is 0 Å². The van der Waals surface area contributed by atoms with Gasteiger partial charge in [0, 0.05) is 30.0 Å². The van der Waals surface area contributed by atoms with Gasteiger partial charge < -0.3 is 20.3 Å². The van der Waals surface area contributed by atoms with Crippen LogP contribution in [0.5, 0.6) is 0 Å². The van der Waals surface area contributed by atoms with Crippen molar-refractivity contribution in [3.63, 3.8) is 0 Å². The lowest BCUT2D eigenvalue weighted by molar-refractivity contribution is 0.0757. The van der Waals surface area contributed by atoms with Crippen LogP contribution in [-0.4, -0.2) is 37.9 Å². The van der Waals surface area contributed by atoms with E-state index < -0.39 is 0 Å². The van der Waals surface area contributed by atoms with E-state index in [1.54, 1.807) is 0 Å². The molecule has 1 aliphatic heterocycles. The van der Waals surface area contributed by atoms with Crippen molar-refractivity contribution >= 4 is 17.4 Å². The SMILES string of the molecule is CCCNC(=O)Nc1ccc(N2C(C)COCC2C)cc1. The first-order chi connectivity index (χ1) is 10.1. The predicted molar refractivity (Wildman–Crippen MR) is 86.0 cm³/mol. The van der Waals surface area contributed by atoms with E-state index in [2.05, 4.69) is 29.4 Å². The highest BCUT2D eigenvalue weighted by atomic mass is 16.5. The predicted octanol–water partition coefficient (Wildman–Crippen LogP) is 2.83. The molecule has 21 heavy (non-hydrogen) atoms. The van der Waals surface area contributed by atoms with Gasteiger partial charge in [0.05, 0.1) is 13.2 Å². The maximum atomic E-state index is 11.6. The Morgan fingerprint density at radius 2 is 1.86 bits per heavy atom. The molecule has 1 aromatic carbocycles. The number of carbonyl (C=O) groups is 1. The molecule has 2 amide bonds. The Morgan fingerprint density at radius 1 is 1.24 bits per heavy atom. The van der Waals surface area contributed by atoms with Gasteiger partial charge >= 0.3 is 6.03 Å². The van der Waals surface area contributed by atoms with Crippen LogP contribution in [0.4, 0.5) is 16.2 Å². The smallest absolute Gasteiger partial charge is 0.319 e. The van der Waals surface area contributed by atoms with Crippen molar-refractivity contribution in [1.29, 1.82) is 0 Å². The lowest BCUT2D eigenvalue weighted by atomic mass is 10.1. The number of nitrogens with zero attached hydrogens (tertiary/aromatic N) is 1. The molecule has 5 nitrogen and oxygen atoms in total. The first-order valence-corrected chi connectivity index (χ1v) is 7.62. The number of anilines is 2. The minimum atomic E-state index is -0.155. The molecule has 0 aliphatic carbocycles. The van der Waals surface area contributed by atoms with E-state index >= 15 is 0 Å². The molecule has 2 atom stereocenters. The van der Waals surface area contributed by atoms with Crippen LogP contribution in [0.15, 0.2) is 24.3 Å². The molecular formula is C16H25N3O2. The average molecular weight is 291 g/mol. The molecule has 0 bridgehead atoms. The van der Waals surface area contributed by atoms with Gasteiger partial charge in [0.25, 0.3) is 0 Å². The molecule has 0 spiro atoms. The lowest BCUT2D eigenvalue weighted by Gasteiger charge is -2.40. The van der Waals surface area contributed by atoms with E-state index in [1.807, 2.05) is 31.2 Å². The van der Waals surface area contributed by atoms with Crippen molar-refractivity contribution in [3.05, 3.63) is 24.3 Å². The number of morpholine rings is 1. The van der Waals surface area contributed by atoms with Crippen molar-refractivity contribution in [1.82, 2.24) is 5.32 Å². The van der Waals surface area contributed by atoms with Crippen LogP contribution in [0.3, 0.4) is 0 Å². The van der Waals surface area contributed by atoms with Crippen molar-refractivity contribution in [2.24, 2.45) is 0 Å². The quantitative estimate of drug-likeness (QED) is 0.897. The Hall–Kier alpha value is -1.75. The summed E-state index contributed by atoms with van der Waals surface area (Å²) in [5, 5.41) is 5.63. The highest BCUT2D eigenvalue weighted by molar-refractivity contribution is 5.89. The molecule has 0 saturated carbocycles. The number of carbonyl (C=O) groups excluding carboxylic acids is 1. The van der Waals surface area contributed by atoms with Crippen LogP contribution in [0.25, 0.3) is 0 Å². The van der Waals surface area contributed by atoms with E-state index in [0.717, 1.165) is 31.0 Å². The molecule has 2 N–H and O–H groups in total. The highest BCUT2D eigenvalue weighted by Gasteiger charge is 2.25. The summed E-state index contributed by atoms with van der Waals surface area (Å²) in [5.41, 5.74) is 1.97. The summed E-state index contributed by atoms with van der Waals surface area (Å²) >= 11 is 0. The molecule has 2 rings (SSSR count). The first kappa shape index (κ1) is 15.6. The highest BCUT2D eigenvalue weighted by Crippen LogP contribution is 2.25. The molecular weight excluding hydrogens is 266 g/mol. The summed E-state index contributed by atoms with van der Waals surface area (Å²) in [6.45, 7) is 8.56. The van der Waals surface area contributed by atoms with Gasteiger partial charge in [-0.3, -0.25) is 0 Å². The third-order valence-corrected chi connectivity index (χ3v) is 3.63. The van der Waals surface area contributed by atoms with Crippen LogP contribution in [0.1, 0.15) is 27.2 Å². The molecule has 0 aromatic heterocycles. The molecule has 2 unspecified atom stereocenters. The standard InChI is InChI=1S/C16H25N3O2/c1-4-9-17-16(20)18-14-5-7-15(8-6-14)19-12(2)10-21-11-13(19)3/h5-8,12-13H,4,9-11H2,1-3H3,(H2,17,18,20). The number of urea groups is 1. The molecule has 116 valence electrons. The summed E-state index contributed by atoms with van der Waals surface area (Å²) in [6.07, 6.45) is 0.930. The zero-order valence-electron chi connectivity index (χ0n) is 13.1. The zero-order valence-corrected chi connectivity index (χ0v) is 13.1. The van der Waals surface area contributed by atoms with Crippen LogP contribution < -0.4 is 15.5 Å². The van der Waals surface area contributed by atoms with Gasteiger partial charge in [-0.2, -0.15) is 0 Å². The molecule has 1 fully saturated rings. The second-order valence-corrected chi connectivity index (χ2v) is 5.57. The van der Waals surface area contributed by atoms with Gasteiger partial charge in [-0.25, -0.2) is 4.79 Å². The third-order valence-electron chi connectivity index (χ3n) is 3.63. The van der Waals surface area contributed by atoms with Crippen LogP contribution in [0, 0.1) is 0 Å². The summed E-state index contributed by atoms with van der Waals surface area (Å²) in [5.74, 6) is 0. The third kappa shape index (κ3) is 4.11. The Balaban J connectivity index is 1.99. The van der Waals surface area contributed by atoms with Crippen LogP contribution >= 0.6 is 0 Å². The fourth-order valence-corrected chi connectivity index (χ4v) is 2.64. The van der Waals surface area contributed by atoms with Gasteiger partial charge in [0.15, 0.2) is 0 Å². The zero-order chi connectivity index (χ0) is 15.2. The summed E-state index contributed by atoms with van der Waals surface area (Å²) < 4.78 is 5.55. The maximum Gasteiger partial charge on any atom is 0.319 e. The monoisotopic (exact) mass is 291 g/mol. The summed E-state index contributed by atoms with van der Waals surface area (Å²) in [6, 6.07) is 8.55. The number of benzene rings is 1. The van der Waals surface area contributed by atoms with Crippen LogP contribution in [-0.2, 0) is 4.74 Å². The Kier molecular flexibility index (Phi) is 5.44. The number of hydrogen-bond acceptors (Lipinski definition) is 3. The lowest BCUT2D eigenvalue weighted by Crippen LogP contribution is -2.49. The maximum absolute atomic E-state index is 11.6. The number of rotatable bonds is 4. The largest absolute Gasteiger partial charge is 0.377 e. The van der Waals surface area contributed by atoms with Crippen LogP contribution in [0.2, 0.25) is 0 Å². The molecule has 1 aliphatic rings. The second kappa shape index (κ2) is 7.31. The first-order valence-electron chi connectivity index (χ1n) is 7.62. The van der Waals surface area contributed by atoms with E-state index in [9.17, 15) is 4.79 Å². The van der Waals surface area contributed by atoms with Gasteiger partial charge in [0.2, 0.25) is 0 Å². The summed E-state index contributed by atoms with van der Waals surface area (Å²) in [7, 11) is 0.